The molecule has 0 unspecified atom stereocenters. The maximum Gasteiger partial charge on any atom is 0.327 e. The number of esters is 1. The number of benzene rings is 1. The normalized spacial score (nSPS) is 18.5. The summed E-state index contributed by atoms with van der Waals surface area (Å²) in [7, 11) is 4.44. The standard InChI is InChI=1S/C18H22N2O6/c1-24-14-8-11-7-13-17(22)19(6-4-5-16(21)26-3)18(23)20(13)10-12(11)9-15(14)25-2/h8-9,13H,4-7,10H2,1-3H3/t13-/m0/s1. The molecule has 0 N–H and O–H groups in total. The van der Waals surface area contributed by atoms with Crippen molar-refractivity contribution in [1.82, 2.24) is 9.80 Å². The van der Waals surface area contributed by atoms with E-state index < -0.39 is 6.04 Å². The van der Waals surface area contributed by atoms with E-state index in [4.69, 9.17) is 9.47 Å². The molecule has 8 nitrogen and oxygen atoms in total. The zero-order valence-corrected chi connectivity index (χ0v) is 15.1. The van der Waals surface area contributed by atoms with Gasteiger partial charge in [-0.25, -0.2) is 4.79 Å². The van der Waals surface area contributed by atoms with Gasteiger partial charge in [0, 0.05) is 25.9 Å². The second kappa shape index (κ2) is 7.23. The van der Waals surface area contributed by atoms with Crippen LogP contribution in [0.4, 0.5) is 4.79 Å². The van der Waals surface area contributed by atoms with Crippen LogP contribution in [0.25, 0.3) is 0 Å². The molecule has 1 aromatic carbocycles. The third kappa shape index (κ3) is 3.07. The summed E-state index contributed by atoms with van der Waals surface area (Å²) in [6.45, 7) is 0.557. The fourth-order valence-electron chi connectivity index (χ4n) is 3.45. The highest BCUT2D eigenvalue weighted by Gasteiger charge is 2.47. The maximum absolute atomic E-state index is 12.7. The van der Waals surface area contributed by atoms with E-state index in [1.54, 1.807) is 19.1 Å². The number of urea groups is 1. The van der Waals surface area contributed by atoms with Gasteiger partial charge in [-0.05, 0) is 29.7 Å². The lowest BCUT2D eigenvalue weighted by Gasteiger charge is -2.29. The fourth-order valence-corrected chi connectivity index (χ4v) is 3.45. The van der Waals surface area contributed by atoms with Crippen molar-refractivity contribution in [2.24, 2.45) is 0 Å². The fraction of sp³-hybridized carbons (Fsp3) is 0.500. The number of amides is 3. The molecular formula is C18H22N2O6. The largest absolute Gasteiger partial charge is 0.493 e. The third-order valence-electron chi connectivity index (χ3n) is 4.85. The van der Waals surface area contributed by atoms with E-state index in [1.807, 2.05) is 12.1 Å². The molecule has 1 fully saturated rings. The van der Waals surface area contributed by atoms with Gasteiger partial charge in [0.1, 0.15) is 6.04 Å². The lowest BCUT2D eigenvalue weighted by molar-refractivity contribution is -0.141. The monoisotopic (exact) mass is 362 g/mol. The average molecular weight is 362 g/mol. The number of rotatable bonds is 6. The number of hydrogen-bond donors (Lipinski definition) is 0. The van der Waals surface area contributed by atoms with Crippen molar-refractivity contribution < 1.29 is 28.6 Å². The number of ether oxygens (including phenoxy) is 3. The first-order valence-corrected chi connectivity index (χ1v) is 8.42. The molecule has 2 heterocycles. The smallest absolute Gasteiger partial charge is 0.327 e. The van der Waals surface area contributed by atoms with Gasteiger partial charge < -0.3 is 19.1 Å². The molecule has 140 valence electrons. The van der Waals surface area contributed by atoms with Crippen molar-refractivity contribution in [3.8, 4) is 11.5 Å². The molecule has 0 aliphatic carbocycles. The van der Waals surface area contributed by atoms with Gasteiger partial charge in [-0.15, -0.1) is 0 Å². The number of methoxy groups -OCH3 is 3. The zero-order valence-electron chi connectivity index (χ0n) is 15.1. The Kier molecular flexibility index (Phi) is 5.01. The van der Waals surface area contributed by atoms with E-state index >= 15 is 0 Å². The summed E-state index contributed by atoms with van der Waals surface area (Å²) in [6, 6.07) is 2.89. The highest BCUT2D eigenvalue weighted by molar-refractivity contribution is 6.04. The predicted molar refractivity (Wildman–Crippen MR) is 90.9 cm³/mol. The number of nitrogens with zero attached hydrogens (tertiary/aromatic N) is 2. The number of fused-ring (bicyclic) bond motifs is 2. The van der Waals surface area contributed by atoms with Gasteiger partial charge in [0.15, 0.2) is 11.5 Å². The summed E-state index contributed by atoms with van der Waals surface area (Å²) in [4.78, 5) is 39.3. The van der Waals surface area contributed by atoms with Crippen molar-refractivity contribution in [2.75, 3.05) is 27.9 Å². The quantitative estimate of drug-likeness (QED) is 0.561. The Balaban J connectivity index is 1.77. The summed E-state index contributed by atoms with van der Waals surface area (Å²) in [5.74, 6) is 0.623. The Bertz CT molecular complexity index is 696. The van der Waals surface area contributed by atoms with Gasteiger partial charge in [-0.2, -0.15) is 0 Å². The van der Waals surface area contributed by atoms with E-state index in [0.717, 1.165) is 11.1 Å². The van der Waals surface area contributed by atoms with Crippen LogP contribution >= 0.6 is 0 Å². The molecule has 0 radical (unpaired) electrons. The van der Waals surface area contributed by atoms with Gasteiger partial charge in [-0.1, -0.05) is 0 Å². The van der Waals surface area contributed by atoms with E-state index in [9.17, 15) is 14.4 Å². The van der Waals surface area contributed by atoms with Crippen LogP contribution in [0.2, 0.25) is 0 Å². The van der Waals surface area contributed by atoms with Crippen molar-refractivity contribution in [3.63, 3.8) is 0 Å². The molecule has 2 aliphatic rings. The summed E-state index contributed by atoms with van der Waals surface area (Å²) < 4.78 is 15.2. The molecule has 1 saturated heterocycles. The van der Waals surface area contributed by atoms with Crippen molar-refractivity contribution in [3.05, 3.63) is 23.3 Å². The van der Waals surface area contributed by atoms with Crippen LogP contribution in [0.15, 0.2) is 12.1 Å². The van der Waals surface area contributed by atoms with Gasteiger partial charge >= 0.3 is 12.0 Å². The van der Waals surface area contributed by atoms with E-state index in [2.05, 4.69) is 4.74 Å². The average Bonchev–Trinajstić information content (AvgIpc) is 2.89. The topological polar surface area (TPSA) is 85.4 Å². The lowest BCUT2D eigenvalue weighted by atomic mass is 9.94. The van der Waals surface area contributed by atoms with Crippen molar-refractivity contribution >= 4 is 17.9 Å². The first-order valence-electron chi connectivity index (χ1n) is 8.42. The molecular weight excluding hydrogens is 340 g/mol. The minimum absolute atomic E-state index is 0.173. The molecule has 3 amide bonds. The van der Waals surface area contributed by atoms with Crippen LogP contribution in [-0.2, 0) is 27.3 Å². The SMILES string of the molecule is COC(=O)CCCN1C(=O)[C@@H]2Cc3cc(OC)c(OC)cc3CN2C1=O. The molecule has 0 bridgehead atoms. The third-order valence-corrected chi connectivity index (χ3v) is 4.85. The molecule has 0 aromatic heterocycles. The molecule has 0 saturated carbocycles. The van der Waals surface area contributed by atoms with Gasteiger partial charge in [0.25, 0.3) is 5.91 Å². The Morgan fingerprint density at radius 3 is 2.38 bits per heavy atom. The minimum Gasteiger partial charge on any atom is -0.493 e. The molecule has 1 aromatic rings. The molecule has 0 spiro atoms. The van der Waals surface area contributed by atoms with Crippen LogP contribution in [0.1, 0.15) is 24.0 Å². The zero-order chi connectivity index (χ0) is 18.8. The number of imide groups is 1. The highest BCUT2D eigenvalue weighted by Crippen LogP contribution is 2.37. The van der Waals surface area contributed by atoms with Crippen LogP contribution in [0.3, 0.4) is 0 Å². The predicted octanol–water partition coefficient (Wildman–Crippen LogP) is 1.35. The number of carbonyl (C=O) groups excluding carboxylic acids is 3. The van der Waals surface area contributed by atoms with E-state index in [1.165, 1.54) is 12.0 Å². The van der Waals surface area contributed by atoms with E-state index in [-0.39, 0.29) is 30.9 Å². The van der Waals surface area contributed by atoms with Crippen LogP contribution in [0.5, 0.6) is 11.5 Å². The minimum atomic E-state index is -0.508. The maximum atomic E-state index is 12.7. The summed E-state index contributed by atoms with van der Waals surface area (Å²) >= 11 is 0. The second-order valence-corrected chi connectivity index (χ2v) is 6.28. The summed E-state index contributed by atoms with van der Waals surface area (Å²) in [6.07, 6.45) is 1.000. The molecule has 26 heavy (non-hydrogen) atoms. The first-order chi connectivity index (χ1) is 12.5. The number of carbonyl (C=O) groups is 3. The van der Waals surface area contributed by atoms with Crippen LogP contribution < -0.4 is 9.47 Å². The number of hydrogen-bond acceptors (Lipinski definition) is 6. The summed E-state index contributed by atoms with van der Waals surface area (Å²) in [5.41, 5.74) is 1.91. The Morgan fingerprint density at radius 2 is 1.77 bits per heavy atom. The summed E-state index contributed by atoms with van der Waals surface area (Å²) in [5, 5.41) is 0. The Hall–Kier alpha value is -2.77. The van der Waals surface area contributed by atoms with E-state index in [0.29, 0.717) is 30.9 Å². The molecule has 3 rings (SSSR count). The Morgan fingerprint density at radius 1 is 1.12 bits per heavy atom. The highest BCUT2D eigenvalue weighted by atomic mass is 16.5. The van der Waals surface area contributed by atoms with Gasteiger partial charge in [-0.3, -0.25) is 14.5 Å². The van der Waals surface area contributed by atoms with Crippen molar-refractivity contribution in [2.45, 2.75) is 31.8 Å². The van der Waals surface area contributed by atoms with Crippen LogP contribution in [-0.4, -0.2) is 61.6 Å². The first kappa shape index (κ1) is 18.0. The Labute approximate surface area is 151 Å². The second-order valence-electron chi connectivity index (χ2n) is 6.28. The van der Waals surface area contributed by atoms with Gasteiger partial charge in [0.05, 0.1) is 21.3 Å². The van der Waals surface area contributed by atoms with Crippen molar-refractivity contribution in [1.29, 1.82) is 0 Å². The molecule has 8 heteroatoms. The molecule has 2 aliphatic heterocycles. The molecule has 1 atom stereocenters. The van der Waals surface area contributed by atoms with Gasteiger partial charge in [0.2, 0.25) is 0 Å². The van der Waals surface area contributed by atoms with Crippen LogP contribution in [0, 0.1) is 0 Å². The lowest BCUT2D eigenvalue weighted by Crippen LogP contribution is -2.40.